The van der Waals surface area contributed by atoms with Gasteiger partial charge in [-0.05, 0) is 43.2 Å². The van der Waals surface area contributed by atoms with Gasteiger partial charge in [-0.3, -0.25) is 4.79 Å². The number of Topliss-reactive ketones (excluding diaryl/α,β-unsaturated/α-hetero) is 1. The first-order chi connectivity index (χ1) is 12.9. The van der Waals surface area contributed by atoms with Crippen molar-refractivity contribution in [3.63, 3.8) is 0 Å². The van der Waals surface area contributed by atoms with Crippen LogP contribution in [0.25, 0.3) is 6.08 Å². The van der Waals surface area contributed by atoms with Crippen LogP contribution in [0.5, 0.6) is 0 Å². The molecule has 2 rings (SSSR count). The van der Waals surface area contributed by atoms with E-state index in [2.05, 4.69) is 15.9 Å². The molecule has 1 aromatic carbocycles. The molecule has 0 amide bonds. The van der Waals surface area contributed by atoms with Gasteiger partial charge in [0.05, 0.1) is 17.7 Å². The molecular formula is C20H15BrN2O3S. The number of rotatable bonds is 6. The lowest BCUT2D eigenvalue weighted by molar-refractivity contribution is -0.114. The first kappa shape index (κ1) is 20.6. The molecule has 7 heteroatoms. The molecule has 0 atom stereocenters. The van der Waals surface area contributed by atoms with Crippen molar-refractivity contribution in [3.8, 4) is 12.1 Å². The normalized spacial score (nSPS) is 10.8. The van der Waals surface area contributed by atoms with Crippen LogP contribution in [0.3, 0.4) is 0 Å². The third-order valence-electron chi connectivity index (χ3n) is 3.72. The third kappa shape index (κ3) is 4.91. The maximum atomic E-state index is 12.6. The molecule has 0 unspecified atom stereocenters. The molecule has 0 fully saturated rings. The van der Waals surface area contributed by atoms with Crippen LogP contribution in [0.15, 0.2) is 34.3 Å². The Balaban J connectivity index is 2.32. The van der Waals surface area contributed by atoms with Gasteiger partial charge in [0.1, 0.15) is 17.0 Å². The molecule has 0 N–H and O–H groups in total. The number of nitrogens with zero attached hydrogens (tertiary/aromatic N) is 2. The predicted octanol–water partition coefficient (Wildman–Crippen LogP) is 4.59. The van der Waals surface area contributed by atoms with Crippen molar-refractivity contribution >= 4 is 45.1 Å². The number of allylic oxidation sites excluding steroid dienone is 1. The molecule has 0 aliphatic heterocycles. The van der Waals surface area contributed by atoms with Gasteiger partial charge in [-0.15, -0.1) is 11.3 Å². The van der Waals surface area contributed by atoms with Crippen molar-refractivity contribution in [1.29, 1.82) is 10.5 Å². The molecular weight excluding hydrogens is 428 g/mol. The van der Waals surface area contributed by atoms with Gasteiger partial charge in [0.15, 0.2) is 5.78 Å². The summed E-state index contributed by atoms with van der Waals surface area (Å²) in [6, 6.07) is 11.1. The van der Waals surface area contributed by atoms with Crippen molar-refractivity contribution in [2.75, 3.05) is 6.61 Å². The molecule has 0 radical (unpaired) electrons. The highest BCUT2D eigenvalue weighted by atomic mass is 79.9. The van der Waals surface area contributed by atoms with Crippen LogP contribution in [-0.2, 0) is 16.0 Å². The number of thiophene rings is 1. The number of halogens is 1. The maximum absolute atomic E-state index is 12.6. The number of esters is 1. The van der Waals surface area contributed by atoms with E-state index < -0.39 is 11.8 Å². The van der Waals surface area contributed by atoms with Crippen molar-refractivity contribution < 1.29 is 14.3 Å². The summed E-state index contributed by atoms with van der Waals surface area (Å²) in [4.78, 5) is 25.4. The van der Waals surface area contributed by atoms with E-state index in [1.165, 1.54) is 6.08 Å². The lowest BCUT2D eigenvalue weighted by Gasteiger charge is -2.00. The van der Waals surface area contributed by atoms with E-state index in [0.717, 1.165) is 21.4 Å². The van der Waals surface area contributed by atoms with Crippen molar-refractivity contribution in [1.82, 2.24) is 0 Å². The molecule has 27 heavy (non-hydrogen) atoms. The molecule has 136 valence electrons. The maximum Gasteiger partial charge on any atom is 0.348 e. The fraction of sp³-hybridized carbons (Fsp3) is 0.200. The summed E-state index contributed by atoms with van der Waals surface area (Å²) in [5, 5.41) is 18.8. The van der Waals surface area contributed by atoms with Gasteiger partial charge in [0.2, 0.25) is 0 Å². The van der Waals surface area contributed by atoms with E-state index >= 15 is 0 Å². The first-order valence-corrected chi connectivity index (χ1v) is 9.62. The Hall–Kier alpha value is -2.74. The van der Waals surface area contributed by atoms with Crippen LogP contribution in [-0.4, -0.2) is 18.4 Å². The topological polar surface area (TPSA) is 90.9 Å². The second kappa shape index (κ2) is 9.27. The molecule has 0 saturated heterocycles. The number of hydrogen-bond donors (Lipinski definition) is 0. The number of hydrogen-bond acceptors (Lipinski definition) is 6. The summed E-state index contributed by atoms with van der Waals surface area (Å²) in [5.74, 6) is -0.922. The van der Waals surface area contributed by atoms with Gasteiger partial charge >= 0.3 is 5.97 Å². The average molecular weight is 443 g/mol. The molecule has 0 bridgehead atoms. The fourth-order valence-electron chi connectivity index (χ4n) is 2.38. The summed E-state index contributed by atoms with van der Waals surface area (Å²) in [6.07, 6.45) is 1.39. The Bertz CT molecular complexity index is 992. The Labute approximate surface area is 169 Å². The highest BCUT2D eigenvalue weighted by Crippen LogP contribution is 2.29. The predicted molar refractivity (Wildman–Crippen MR) is 106 cm³/mol. The molecule has 2 aromatic rings. The first-order valence-electron chi connectivity index (χ1n) is 8.01. The summed E-state index contributed by atoms with van der Waals surface area (Å²) in [7, 11) is 0. The molecule has 0 aliphatic carbocycles. The van der Waals surface area contributed by atoms with Gasteiger partial charge in [-0.25, -0.2) is 4.79 Å². The highest BCUT2D eigenvalue weighted by Gasteiger charge is 2.23. The smallest absolute Gasteiger partial charge is 0.348 e. The SMILES string of the molecule is CCOC(=O)c1sc(CC(=O)/C(C#N)=C/c2ccc(Br)cc2)c(C#N)c1C. The van der Waals surface area contributed by atoms with Crippen LogP contribution in [0.2, 0.25) is 0 Å². The Kier molecular flexibility index (Phi) is 7.06. The summed E-state index contributed by atoms with van der Waals surface area (Å²) >= 11 is 4.39. The highest BCUT2D eigenvalue weighted by molar-refractivity contribution is 9.10. The van der Waals surface area contributed by atoms with Crippen LogP contribution >= 0.6 is 27.3 Å². The van der Waals surface area contributed by atoms with Crippen molar-refractivity contribution in [3.05, 3.63) is 60.8 Å². The van der Waals surface area contributed by atoms with Crippen LogP contribution in [0.1, 0.15) is 38.2 Å². The standard InChI is InChI=1S/C20H15BrN2O3S/c1-3-26-20(25)19-12(2)16(11-23)18(27-19)9-17(24)14(10-22)8-13-4-6-15(21)7-5-13/h4-8H,3,9H2,1-2H3/b14-8+. The van der Waals surface area contributed by atoms with E-state index in [9.17, 15) is 20.1 Å². The van der Waals surface area contributed by atoms with Gasteiger partial charge in [0, 0.05) is 15.8 Å². The number of ketones is 1. The van der Waals surface area contributed by atoms with E-state index in [0.29, 0.717) is 15.3 Å². The van der Waals surface area contributed by atoms with E-state index in [1.807, 2.05) is 24.3 Å². The largest absolute Gasteiger partial charge is 0.462 e. The zero-order chi connectivity index (χ0) is 20.0. The van der Waals surface area contributed by atoms with E-state index in [1.54, 1.807) is 26.0 Å². The molecule has 0 spiro atoms. The summed E-state index contributed by atoms with van der Waals surface area (Å²) in [5.41, 5.74) is 1.50. The fourth-order valence-corrected chi connectivity index (χ4v) is 3.79. The van der Waals surface area contributed by atoms with Crippen molar-refractivity contribution in [2.24, 2.45) is 0 Å². The van der Waals surface area contributed by atoms with E-state index in [-0.39, 0.29) is 24.2 Å². The van der Waals surface area contributed by atoms with Gasteiger partial charge in [-0.1, -0.05) is 28.1 Å². The Morgan fingerprint density at radius 1 is 1.26 bits per heavy atom. The zero-order valence-electron chi connectivity index (χ0n) is 14.7. The minimum atomic E-state index is -0.513. The van der Waals surface area contributed by atoms with Gasteiger partial charge in [-0.2, -0.15) is 10.5 Å². The second-order valence-electron chi connectivity index (χ2n) is 5.51. The molecule has 0 saturated carbocycles. The number of nitriles is 2. The minimum Gasteiger partial charge on any atom is -0.462 e. The zero-order valence-corrected chi connectivity index (χ0v) is 17.1. The molecule has 1 aromatic heterocycles. The van der Waals surface area contributed by atoms with Crippen molar-refractivity contribution in [2.45, 2.75) is 20.3 Å². The minimum absolute atomic E-state index is 0.00931. The van der Waals surface area contributed by atoms with Crippen LogP contribution in [0.4, 0.5) is 0 Å². The van der Waals surface area contributed by atoms with Gasteiger partial charge in [0.25, 0.3) is 0 Å². The molecule has 0 aliphatic rings. The molecule has 5 nitrogen and oxygen atoms in total. The lowest BCUT2D eigenvalue weighted by Crippen LogP contribution is -2.05. The second-order valence-corrected chi connectivity index (χ2v) is 7.53. The van der Waals surface area contributed by atoms with Crippen LogP contribution < -0.4 is 0 Å². The Morgan fingerprint density at radius 3 is 2.48 bits per heavy atom. The number of carbonyl (C=O) groups is 2. The number of ether oxygens (including phenoxy) is 1. The summed E-state index contributed by atoms with van der Waals surface area (Å²) < 4.78 is 5.89. The quantitative estimate of drug-likeness (QED) is 0.370. The van der Waals surface area contributed by atoms with E-state index in [4.69, 9.17) is 4.74 Å². The van der Waals surface area contributed by atoms with Gasteiger partial charge < -0.3 is 4.74 Å². The average Bonchev–Trinajstić information content (AvgIpc) is 2.96. The van der Waals surface area contributed by atoms with Crippen LogP contribution in [0, 0.1) is 29.6 Å². The third-order valence-corrected chi connectivity index (χ3v) is 5.52. The number of benzene rings is 1. The summed E-state index contributed by atoms with van der Waals surface area (Å²) in [6.45, 7) is 3.57. The monoisotopic (exact) mass is 442 g/mol. The lowest BCUT2D eigenvalue weighted by atomic mass is 10.0. The number of carbonyl (C=O) groups excluding carboxylic acids is 2. The molecule has 1 heterocycles. The Morgan fingerprint density at radius 2 is 1.93 bits per heavy atom.